The summed E-state index contributed by atoms with van der Waals surface area (Å²) in [7, 11) is 0. The number of hydrogen-bond acceptors (Lipinski definition) is 2. The Morgan fingerprint density at radius 2 is 2.21 bits per heavy atom. The van der Waals surface area contributed by atoms with E-state index in [1.54, 1.807) is 6.92 Å². The smallest absolute Gasteiger partial charge is 0.329 e. The maximum Gasteiger partial charge on any atom is 0.329 e. The molecule has 1 N–H and O–H groups in total. The Labute approximate surface area is 83.9 Å². The zero-order chi connectivity index (χ0) is 10.8. The Bertz CT molecular complexity index is 238. The van der Waals surface area contributed by atoms with E-state index in [9.17, 15) is 14.7 Å². The molecule has 0 aromatic carbocycles. The molecule has 4 nitrogen and oxygen atoms in total. The molecule has 0 saturated heterocycles. The maximum absolute atomic E-state index is 11.2. The first-order chi connectivity index (χ1) is 6.57. The molecule has 1 unspecified atom stereocenters. The highest BCUT2D eigenvalue weighted by molar-refractivity contribution is 5.82. The molecule has 0 spiro atoms. The normalized spacial score (nSPS) is 19.9. The van der Waals surface area contributed by atoms with Crippen molar-refractivity contribution in [3.8, 4) is 0 Å². The highest BCUT2D eigenvalue weighted by atomic mass is 16.4. The number of amides is 1. The van der Waals surface area contributed by atoms with Crippen molar-refractivity contribution in [1.29, 1.82) is 0 Å². The number of rotatable bonds is 6. The Kier molecular flexibility index (Phi) is 3.13. The third-order valence-electron chi connectivity index (χ3n) is 2.99. The van der Waals surface area contributed by atoms with Gasteiger partial charge in [0.25, 0.3) is 0 Å². The number of carbonyl (C=O) groups is 2. The fourth-order valence-corrected chi connectivity index (χ4v) is 1.81. The van der Waals surface area contributed by atoms with Crippen LogP contribution in [-0.2, 0) is 9.59 Å². The lowest BCUT2D eigenvalue weighted by Crippen LogP contribution is -2.53. The van der Waals surface area contributed by atoms with Crippen molar-refractivity contribution in [3.05, 3.63) is 0 Å². The molecule has 1 aliphatic rings. The van der Waals surface area contributed by atoms with E-state index >= 15 is 0 Å². The van der Waals surface area contributed by atoms with Crippen LogP contribution in [0.1, 0.15) is 33.1 Å². The van der Waals surface area contributed by atoms with Gasteiger partial charge in [-0.1, -0.05) is 6.92 Å². The van der Waals surface area contributed by atoms with Crippen LogP contribution in [0.15, 0.2) is 0 Å². The second-order valence-corrected chi connectivity index (χ2v) is 4.03. The van der Waals surface area contributed by atoms with Crippen LogP contribution < -0.4 is 0 Å². The molecular formula is C10H17NO3. The lowest BCUT2D eigenvalue weighted by molar-refractivity contribution is -0.155. The van der Waals surface area contributed by atoms with Gasteiger partial charge in [-0.25, -0.2) is 4.79 Å². The first-order valence-electron chi connectivity index (χ1n) is 5.02. The summed E-state index contributed by atoms with van der Waals surface area (Å²) in [5.41, 5.74) is -0.988. The third kappa shape index (κ3) is 1.74. The van der Waals surface area contributed by atoms with E-state index in [-0.39, 0.29) is 5.92 Å². The van der Waals surface area contributed by atoms with Gasteiger partial charge in [0.1, 0.15) is 5.54 Å². The molecule has 0 heterocycles. The number of aliphatic carboxylic acids is 1. The van der Waals surface area contributed by atoms with Gasteiger partial charge in [0.15, 0.2) is 0 Å². The Morgan fingerprint density at radius 3 is 2.50 bits per heavy atom. The topological polar surface area (TPSA) is 57.6 Å². The largest absolute Gasteiger partial charge is 0.479 e. The SMILES string of the molecule is CCCN(C=O)C(C)(C(=O)O)C1CC1. The van der Waals surface area contributed by atoms with Gasteiger partial charge in [-0.3, -0.25) is 4.79 Å². The van der Waals surface area contributed by atoms with Gasteiger partial charge in [-0.15, -0.1) is 0 Å². The summed E-state index contributed by atoms with van der Waals surface area (Å²) < 4.78 is 0. The predicted molar refractivity (Wildman–Crippen MR) is 51.8 cm³/mol. The molecule has 1 aliphatic carbocycles. The van der Waals surface area contributed by atoms with Gasteiger partial charge < -0.3 is 10.0 Å². The molecule has 80 valence electrons. The van der Waals surface area contributed by atoms with E-state index in [4.69, 9.17) is 0 Å². The second-order valence-electron chi connectivity index (χ2n) is 4.03. The van der Waals surface area contributed by atoms with Crippen LogP contribution in [0.4, 0.5) is 0 Å². The highest BCUT2D eigenvalue weighted by Crippen LogP contribution is 2.42. The first kappa shape index (κ1) is 11.0. The monoisotopic (exact) mass is 199 g/mol. The number of carboxylic acid groups (broad SMARTS) is 1. The van der Waals surface area contributed by atoms with Gasteiger partial charge in [-0.05, 0) is 32.1 Å². The quantitative estimate of drug-likeness (QED) is 0.652. The van der Waals surface area contributed by atoms with Gasteiger partial charge in [0.2, 0.25) is 6.41 Å². The number of carboxylic acids is 1. The van der Waals surface area contributed by atoms with Crippen molar-refractivity contribution in [1.82, 2.24) is 4.90 Å². The molecule has 14 heavy (non-hydrogen) atoms. The van der Waals surface area contributed by atoms with Crippen LogP contribution in [0.3, 0.4) is 0 Å². The summed E-state index contributed by atoms with van der Waals surface area (Å²) in [6, 6.07) is 0. The molecule has 0 radical (unpaired) electrons. The number of hydrogen-bond donors (Lipinski definition) is 1. The van der Waals surface area contributed by atoms with E-state index < -0.39 is 11.5 Å². The van der Waals surface area contributed by atoms with E-state index in [2.05, 4.69) is 0 Å². The molecule has 1 saturated carbocycles. The van der Waals surface area contributed by atoms with Crippen molar-refractivity contribution < 1.29 is 14.7 Å². The van der Waals surface area contributed by atoms with E-state index in [0.717, 1.165) is 19.3 Å². The molecular weight excluding hydrogens is 182 g/mol. The average Bonchev–Trinajstić information content (AvgIpc) is 2.95. The molecule has 0 aromatic rings. The third-order valence-corrected chi connectivity index (χ3v) is 2.99. The molecule has 4 heteroatoms. The molecule has 1 atom stereocenters. The van der Waals surface area contributed by atoms with E-state index in [1.807, 2.05) is 6.92 Å². The zero-order valence-corrected chi connectivity index (χ0v) is 8.69. The lowest BCUT2D eigenvalue weighted by Gasteiger charge is -2.35. The first-order valence-corrected chi connectivity index (χ1v) is 5.02. The Hall–Kier alpha value is -1.06. The predicted octanol–water partition coefficient (Wildman–Crippen LogP) is 1.11. The van der Waals surface area contributed by atoms with Crippen molar-refractivity contribution in [3.63, 3.8) is 0 Å². The van der Waals surface area contributed by atoms with Crippen LogP contribution in [0, 0.1) is 5.92 Å². The van der Waals surface area contributed by atoms with Crippen molar-refractivity contribution in [2.75, 3.05) is 6.54 Å². The minimum Gasteiger partial charge on any atom is -0.479 e. The average molecular weight is 199 g/mol. The summed E-state index contributed by atoms with van der Waals surface area (Å²) in [6.45, 7) is 4.10. The van der Waals surface area contributed by atoms with Crippen LogP contribution in [-0.4, -0.2) is 34.5 Å². The summed E-state index contributed by atoms with van der Waals surface area (Å²) in [6.07, 6.45) is 3.28. The molecule has 0 bridgehead atoms. The highest BCUT2D eigenvalue weighted by Gasteiger charge is 2.51. The molecule has 0 aliphatic heterocycles. The van der Waals surface area contributed by atoms with Crippen LogP contribution in [0.5, 0.6) is 0 Å². The summed E-state index contributed by atoms with van der Waals surface area (Å²) >= 11 is 0. The Balaban J connectivity index is 2.83. The number of nitrogens with zero attached hydrogens (tertiary/aromatic N) is 1. The minimum atomic E-state index is -0.988. The Morgan fingerprint density at radius 1 is 1.64 bits per heavy atom. The number of carbonyl (C=O) groups excluding carboxylic acids is 1. The molecule has 1 rings (SSSR count). The van der Waals surface area contributed by atoms with Gasteiger partial charge in [-0.2, -0.15) is 0 Å². The maximum atomic E-state index is 11.2. The minimum absolute atomic E-state index is 0.136. The van der Waals surface area contributed by atoms with Crippen molar-refractivity contribution in [2.24, 2.45) is 5.92 Å². The molecule has 1 amide bonds. The van der Waals surface area contributed by atoms with Crippen LogP contribution >= 0.6 is 0 Å². The van der Waals surface area contributed by atoms with Crippen LogP contribution in [0.25, 0.3) is 0 Å². The summed E-state index contributed by atoms with van der Waals surface area (Å²) in [5.74, 6) is -0.752. The van der Waals surface area contributed by atoms with Gasteiger partial charge in [0.05, 0.1) is 0 Å². The zero-order valence-electron chi connectivity index (χ0n) is 8.69. The van der Waals surface area contributed by atoms with Crippen molar-refractivity contribution in [2.45, 2.75) is 38.6 Å². The van der Waals surface area contributed by atoms with E-state index in [1.165, 1.54) is 4.90 Å². The van der Waals surface area contributed by atoms with Crippen molar-refractivity contribution >= 4 is 12.4 Å². The fraction of sp³-hybridized carbons (Fsp3) is 0.800. The lowest BCUT2D eigenvalue weighted by atomic mass is 9.94. The summed E-state index contributed by atoms with van der Waals surface area (Å²) in [4.78, 5) is 23.4. The molecule has 0 aromatic heterocycles. The van der Waals surface area contributed by atoms with E-state index in [0.29, 0.717) is 13.0 Å². The van der Waals surface area contributed by atoms with Crippen LogP contribution in [0.2, 0.25) is 0 Å². The summed E-state index contributed by atoms with van der Waals surface area (Å²) in [5, 5.41) is 9.17. The van der Waals surface area contributed by atoms with Gasteiger partial charge in [0, 0.05) is 6.54 Å². The second kappa shape index (κ2) is 3.98. The standard InChI is InChI=1S/C10H17NO3/c1-3-6-11(7-12)10(2,9(13)14)8-4-5-8/h7-8H,3-6H2,1-2H3,(H,13,14). The fourth-order valence-electron chi connectivity index (χ4n) is 1.81. The van der Waals surface area contributed by atoms with Gasteiger partial charge >= 0.3 is 5.97 Å². The molecule has 1 fully saturated rings.